The summed E-state index contributed by atoms with van der Waals surface area (Å²) in [6, 6.07) is 0. The number of ketones is 3. The van der Waals surface area contributed by atoms with Gasteiger partial charge in [0, 0.05) is 0 Å². The molecule has 0 atom stereocenters. The van der Waals surface area contributed by atoms with E-state index in [1.807, 2.05) is 0 Å². The van der Waals surface area contributed by atoms with Crippen molar-refractivity contribution in [3.8, 4) is 0 Å². The van der Waals surface area contributed by atoms with Gasteiger partial charge in [0.1, 0.15) is 0 Å². The second-order valence-corrected chi connectivity index (χ2v) is 6.01. The summed E-state index contributed by atoms with van der Waals surface area (Å²) in [4.78, 5) is 29.9. The molecule has 0 radical (unpaired) electrons. The Morgan fingerprint density at radius 1 is 0.741 bits per heavy atom. The summed E-state index contributed by atoms with van der Waals surface area (Å²) in [5.74, 6) is -1.12. The molecule has 0 rings (SSSR count). The number of rotatable bonds is 6. The molecule has 0 fully saturated rings. The second-order valence-electron chi connectivity index (χ2n) is 5.30. The normalized spacial score (nSPS) is 10.9. The molecule has 0 aromatic carbocycles. The Morgan fingerprint density at radius 3 is 1.04 bits per heavy atom. The summed E-state index contributed by atoms with van der Waals surface area (Å²) < 4.78 is 4.87. The molecule has 0 aliphatic heterocycles. The van der Waals surface area contributed by atoms with E-state index in [0.29, 0.717) is 0 Å². The maximum absolute atomic E-state index is 9.98. The van der Waals surface area contributed by atoms with Crippen LogP contribution in [0.2, 0.25) is 0 Å². The van der Waals surface area contributed by atoms with Crippen LogP contribution in [0.1, 0.15) is 61.3 Å². The topological polar surface area (TPSA) is 130 Å². The van der Waals surface area contributed by atoms with Crippen LogP contribution in [-0.4, -0.2) is 24.0 Å². The minimum atomic E-state index is -0.187. The van der Waals surface area contributed by atoms with Gasteiger partial charge in [-0.2, -0.15) is 0 Å². The SMILES string of the molecule is CC(=O)/C=C(/C)[O-].CC(=O)/C=C(/C)[O-].CC(=O)/C=C(/C)[O-].CCCC[O][Zr+3]. The van der Waals surface area contributed by atoms with E-state index < -0.39 is 0 Å². The van der Waals surface area contributed by atoms with Crippen LogP contribution < -0.4 is 15.3 Å². The van der Waals surface area contributed by atoms with Crippen LogP contribution in [-0.2, 0) is 42.4 Å². The molecule has 0 saturated carbocycles. The van der Waals surface area contributed by atoms with Gasteiger partial charge in [0.15, 0.2) is 17.3 Å². The summed E-state index contributed by atoms with van der Waals surface area (Å²) in [7, 11) is 0. The van der Waals surface area contributed by atoms with Gasteiger partial charge < -0.3 is 15.3 Å². The fraction of sp³-hybridized carbons (Fsp3) is 0.526. The van der Waals surface area contributed by atoms with E-state index in [4.69, 9.17) is 2.81 Å². The van der Waals surface area contributed by atoms with Crippen molar-refractivity contribution >= 4 is 17.3 Å². The van der Waals surface area contributed by atoms with E-state index in [2.05, 4.69) is 6.92 Å². The predicted octanol–water partition coefficient (Wildman–Crippen LogP) is 0.783. The van der Waals surface area contributed by atoms with Crippen molar-refractivity contribution < 1.29 is 57.7 Å². The molecular weight excluding hydrogens is 431 g/mol. The van der Waals surface area contributed by atoms with Crippen molar-refractivity contribution in [1.82, 2.24) is 0 Å². The van der Waals surface area contributed by atoms with Crippen molar-refractivity contribution in [2.75, 3.05) is 6.61 Å². The molecule has 0 spiro atoms. The Bertz CT molecular complexity index is 424. The molecule has 0 amide bonds. The van der Waals surface area contributed by atoms with E-state index in [9.17, 15) is 29.7 Å². The van der Waals surface area contributed by atoms with Gasteiger partial charge in [0.25, 0.3) is 0 Å². The fourth-order valence-corrected chi connectivity index (χ4v) is 1.43. The van der Waals surface area contributed by atoms with Crippen LogP contribution in [0.5, 0.6) is 0 Å². The number of carbonyl (C=O) groups excluding carboxylic acids is 3. The molecule has 0 aromatic rings. The zero-order valence-electron chi connectivity index (χ0n) is 17.2. The first-order valence-corrected chi connectivity index (χ1v) is 9.16. The summed E-state index contributed by atoms with van der Waals surface area (Å²) in [5.41, 5.74) is 0. The van der Waals surface area contributed by atoms with Gasteiger partial charge in [-0.05, 0) is 39.0 Å². The summed E-state index contributed by atoms with van der Waals surface area (Å²) in [6.07, 6.45) is 5.62. The predicted molar refractivity (Wildman–Crippen MR) is 94.2 cm³/mol. The third-order valence-corrected chi connectivity index (χ3v) is 2.32. The number of hydrogen-bond acceptors (Lipinski definition) is 7. The molecule has 0 aromatic heterocycles. The molecule has 27 heavy (non-hydrogen) atoms. The van der Waals surface area contributed by atoms with Crippen molar-refractivity contribution in [1.29, 1.82) is 0 Å². The fourth-order valence-electron chi connectivity index (χ4n) is 1.08. The van der Waals surface area contributed by atoms with Crippen molar-refractivity contribution in [2.24, 2.45) is 0 Å². The van der Waals surface area contributed by atoms with E-state index in [1.165, 1.54) is 79.5 Å². The van der Waals surface area contributed by atoms with E-state index in [-0.39, 0.29) is 34.6 Å². The van der Waals surface area contributed by atoms with Crippen LogP contribution in [0.4, 0.5) is 0 Å². The van der Waals surface area contributed by atoms with Gasteiger partial charge in [-0.1, -0.05) is 20.8 Å². The molecule has 0 aliphatic rings. The molecule has 152 valence electrons. The van der Waals surface area contributed by atoms with Gasteiger partial charge in [-0.3, -0.25) is 14.4 Å². The molecule has 0 N–H and O–H groups in total. The van der Waals surface area contributed by atoms with Gasteiger partial charge in [0.05, 0.1) is 0 Å². The summed E-state index contributed by atoms with van der Waals surface area (Å²) >= 11 is 1.19. The van der Waals surface area contributed by atoms with Crippen molar-refractivity contribution in [2.45, 2.75) is 61.3 Å². The molecule has 0 saturated heterocycles. The van der Waals surface area contributed by atoms with Gasteiger partial charge in [-0.25, -0.2) is 0 Å². The Morgan fingerprint density at radius 2 is 1.00 bits per heavy atom. The number of carbonyl (C=O) groups is 3. The van der Waals surface area contributed by atoms with Crippen LogP contribution in [0.25, 0.3) is 0 Å². The molecule has 0 unspecified atom stereocenters. The van der Waals surface area contributed by atoms with Gasteiger partial charge in [-0.15, -0.1) is 17.3 Å². The number of allylic oxidation sites excluding steroid dienone is 6. The van der Waals surface area contributed by atoms with Gasteiger partial charge >= 0.3 is 54.3 Å². The molecule has 0 bridgehead atoms. The second kappa shape index (κ2) is 24.5. The van der Waals surface area contributed by atoms with Gasteiger partial charge in [0.2, 0.25) is 0 Å². The third kappa shape index (κ3) is 68.1. The quantitative estimate of drug-likeness (QED) is 0.325. The minimum absolute atomic E-state index is 0.187. The average Bonchev–Trinajstić information content (AvgIpc) is 2.42. The summed E-state index contributed by atoms with van der Waals surface area (Å²) in [5, 5.41) is 29.9. The number of unbranched alkanes of at least 4 members (excludes halogenated alkanes) is 1. The molecular formula is C19H30O7Zr. The van der Waals surface area contributed by atoms with Crippen LogP contribution in [0, 0.1) is 0 Å². The maximum atomic E-state index is 9.98. The first kappa shape index (κ1) is 33.1. The Hall–Kier alpha value is -1.53. The van der Waals surface area contributed by atoms with E-state index >= 15 is 0 Å². The van der Waals surface area contributed by atoms with E-state index in [0.717, 1.165) is 24.8 Å². The van der Waals surface area contributed by atoms with Crippen LogP contribution >= 0.6 is 0 Å². The standard InChI is InChI=1S/3C5H8O2.C4H9O.Zr/c3*1-4(6)3-5(2)7;1-2-3-4-5;/h3*3,6H,1-2H3;2-4H2,1H3;/q;;;-1;+4/p-3/b3*4-3-;;. The van der Waals surface area contributed by atoms with Crippen molar-refractivity contribution in [3.05, 3.63) is 35.5 Å². The summed E-state index contributed by atoms with van der Waals surface area (Å²) in [6.45, 7) is 11.2. The zero-order chi connectivity index (χ0) is 22.4. The third-order valence-electron chi connectivity index (χ3n) is 1.82. The van der Waals surface area contributed by atoms with E-state index in [1.54, 1.807) is 0 Å². The first-order valence-electron chi connectivity index (χ1n) is 8.16. The average molecular weight is 462 g/mol. The Labute approximate surface area is 178 Å². The molecule has 7 nitrogen and oxygen atoms in total. The van der Waals surface area contributed by atoms with Crippen LogP contribution in [0.3, 0.4) is 0 Å². The first-order chi connectivity index (χ1) is 12.3. The van der Waals surface area contributed by atoms with Crippen molar-refractivity contribution in [3.63, 3.8) is 0 Å². The molecule has 0 heterocycles. The molecule has 8 heteroatoms. The van der Waals surface area contributed by atoms with Crippen LogP contribution in [0.15, 0.2) is 35.5 Å². The Kier molecular flexibility index (Phi) is 30.0. The molecule has 0 aliphatic carbocycles. The Balaban J connectivity index is -0.000000131. The monoisotopic (exact) mass is 460 g/mol. The zero-order valence-corrected chi connectivity index (χ0v) is 19.7. The number of hydrogen-bond donors (Lipinski definition) is 0.